The van der Waals surface area contributed by atoms with Gasteiger partial charge in [-0.05, 0) is 24.6 Å². The molecule has 0 aliphatic rings. The van der Waals surface area contributed by atoms with Crippen LogP contribution in [0, 0.1) is 0 Å². The molecule has 0 aliphatic heterocycles. The Morgan fingerprint density at radius 1 is 1.32 bits per heavy atom. The zero-order valence-electron chi connectivity index (χ0n) is 11.6. The predicted octanol–water partition coefficient (Wildman–Crippen LogP) is 2.18. The first-order valence-electron chi connectivity index (χ1n) is 6.36. The number of hydrogen-bond donors (Lipinski definition) is 2. The molecule has 0 aliphatic carbocycles. The van der Waals surface area contributed by atoms with E-state index >= 15 is 0 Å². The molecule has 1 heterocycles. The highest BCUT2D eigenvalue weighted by Gasteiger charge is 2.36. The number of aromatic nitrogens is 1. The van der Waals surface area contributed by atoms with E-state index in [-0.39, 0.29) is 12.1 Å². The van der Waals surface area contributed by atoms with Gasteiger partial charge in [0.15, 0.2) is 0 Å². The van der Waals surface area contributed by atoms with Gasteiger partial charge in [-0.1, -0.05) is 17.3 Å². The minimum Gasteiger partial charge on any atom is -0.368 e. The lowest BCUT2D eigenvalue weighted by atomic mass is 9.89. The van der Waals surface area contributed by atoms with Gasteiger partial charge in [-0.25, -0.2) is 0 Å². The number of carbonyl (C=O) groups is 1. The third kappa shape index (κ3) is 3.28. The van der Waals surface area contributed by atoms with E-state index < -0.39 is 23.2 Å². The predicted molar refractivity (Wildman–Crippen MR) is 71.3 cm³/mol. The number of carbonyl (C=O) groups excluding carboxylic acids is 1. The van der Waals surface area contributed by atoms with Crippen molar-refractivity contribution in [2.45, 2.75) is 25.2 Å². The van der Waals surface area contributed by atoms with Crippen molar-refractivity contribution in [3.05, 3.63) is 53.4 Å². The standard InChI is InChI=1S/C14H14F3N3O2/c1-13(12(18)21,19-8-11-5-6-20-22-11)9-3-2-4-10(7-9)14(15,16)17/h2-7,19H,8H2,1H3,(H2,18,21)/t13-/m1/s1. The van der Waals surface area contributed by atoms with Crippen LogP contribution in [0.25, 0.3) is 0 Å². The van der Waals surface area contributed by atoms with E-state index in [0.717, 1.165) is 12.1 Å². The van der Waals surface area contributed by atoms with Crippen molar-refractivity contribution in [1.29, 1.82) is 0 Å². The molecule has 1 aromatic carbocycles. The van der Waals surface area contributed by atoms with Gasteiger partial charge in [-0.3, -0.25) is 10.1 Å². The Morgan fingerprint density at radius 2 is 2.00 bits per heavy atom. The van der Waals surface area contributed by atoms with Crippen LogP contribution in [0.1, 0.15) is 23.8 Å². The van der Waals surface area contributed by atoms with Crippen molar-refractivity contribution in [1.82, 2.24) is 10.5 Å². The van der Waals surface area contributed by atoms with E-state index in [9.17, 15) is 18.0 Å². The first-order chi connectivity index (χ1) is 10.2. The second-order valence-corrected chi connectivity index (χ2v) is 4.90. The number of benzene rings is 1. The Hall–Kier alpha value is -2.35. The van der Waals surface area contributed by atoms with E-state index in [4.69, 9.17) is 10.3 Å². The lowest BCUT2D eigenvalue weighted by Gasteiger charge is -2.28. The van der Waals surface area contributed by atoms with Crippen LogP contribution in [-0.2, 0) is 23.1 Å². The van der Waals surface area contributed by atoms with E-state index in [2.05, 4.69) is 10.5 Å². The molecular weight excluding hydrogens is 299 g/mol. The molecule has 5 nitrogen and oxygen atoms in total. The Bertz CT molecular complexity index is 656. The molecule has 3 N–H and O–H groups in total. The maximum absolute atomic E-state index is 12.8. The first kappa shape index (κ1) is 16.0. The highest BCUT2D eigenvalue weighted by molar-refractivity contribution is 5.85. The molecule has 22 heavy (non-hydrogen) atoms. The molecular formula is C14H14F3N3O2. The van der Waals surface area contributed by atoms with Crippen LogP contribution in [0.2, 0.25) is 0 Å². The molecule has 0 spiro atoms. The fourth-order valence-electron chi connectivity index (χ4n) is 1.94. The SMILES string of the molecule is C[C@](NCc1ccno1)(C(N)=O)c1cccc(C(F)(F)F)c1. The van der Waals surface area contributed by atoms with Crippen molar-refractivity contribution in [3.8, 4) is 0 Å². The summed E-state index contributed by atoms with van der Waals surface area (Å²) < 4.78 is 43.3. The maximum Gasteiger partial charge on any atom is 0.416 e. The molecule has 0 unspecified atom stereocenters. The van der Waals surface area contributed by atoms with Crippen LogP contribution in [0.15, 0.2) is 41.1 Å². The highest BCUT2D eigenvalue weighted by atomic mass is 19.4. The molecule has 8 heteroatoms. The van der Waals surface area contributed by atoms with Gasteiger partial charge in [0.2, 0.25) is 5.91 Å². The number of halogens is 3. The number of alkyl halides is 3. The minimum absolute atomic E-state index is 0.0929. The summed E-state index contributed by atoms with van der Waals surface area (Å²) in [6.07, 6.45) is -3.08. The van der Waals surface area contributed by atoms with Crippen LogP contribution < -0.4 is 11.1 Å². The summed E-state index contributed by atoms with van der Waals surface area (Å²) in [6.45, 7) is 1.51. The molecule has 0 saturated heterocycles. The van der Waals surface area contributed by atoms with Crippen molar-refractivity contribution in [3.63, 3.8) is 0 Å². The summed E-state index contributed by atoms with van der Waals surface area (Å²) in [4.78, 5) is 11.8. The van der Waals surface area contributed by atoms with Gasteiger partial charge in [0.05, 0.1) is 18.3 Å². The number of rotatable bonds is 5. The Balaban J connectivity index is 2.32. The zero-order valence-corrected chi connectivity index (χ0v) is 11.6. The van der Waals surface area contributed by atoms with Gasteiger partial charge in [0.1, 0.15) is 11.3 Å². The van der Waals surface area contributed by atoms with Gasteiger partial charge >= 0.3 is 6.18 Å². The molecule has 0 saturated carbocycles. The van der Waals surface area contributed by atoms with Crippen LogP contribution in [-0.4, -0.2) is 11.1 Å². The summed E-state index contributed by atoms with van der Waals surface area (Å²) >= 11 is 0. The maximum atomic E-state index is 12.8. The van der Waals surface area contributed by atoms with Gasteiger partial charge < -0.3 is 10.3 Å². The molecule has 1 aromatic heterocycles. The topological polar surface area (TPSA) is 81.2 Å². The van der Waals surface area contributed by atoms with Gasteiger partial charge in [-0.2, -0.15) is 13.2 Å². The largest absolute Gasteiger partial charge is 0.416 e. The molecule has 0 bridgehead atoms. The van der Waals surface area contributed by atoms with E-state index in [1.807, 2.05) is 0 Å². The van der Waals surface area contributed by atoms with Gasteiger partial charge in [0, 0.05) is 6.07 Å². The van der Waals surface area contributed by atoms with Crippen LogP contribution in [0.4, 0.5) is 13.2 Å². The number of nitrogens with one attached hydrogen (secondary N) is 1. The summed E-state index contributed by atoms with van der Waals surface area (Å²) in [6, 6.07) is 6.04. The summed E-state index contributed by atoms with van der Waals surface area (Å²) in [7, 11) is 0. The minimum atomic E-state index is -4.50. The quantitative estimate of drug-likeness (QED) is 0.886. The lowest BCUT2D eigenvalue weighted by molar-refractivity contribution is -0.138. The third-order valence-corrected chi connectivity index (χ3v) is 3.37. The van der Waals surface area contributed by atoms with Crippen LogP contribution in [0.3, 0.4) is 0 Å². The fourth-order valence-corrected chi connectivity index (χ4v) is 1.94. The number of nitrogens with zero attached hydrogens (tertiary/aromatic N) is 1. The molecule has 2 aromatic rings. The van der Waals surface area contributed by atoms with Crippen molar-refractivity contribution < 1.29 is 22.5 Å². The van der Waals surface area contributed by atoms with Crippen LogP contribution >= 0.6 is 0 Å². The van der Waals surface area contributed by atoms with Crippen LogP contribution in [0.5, 0.6) is 0 Å². The zero-order chi connectivity index (χ0) is 16.4. The smallest absolute Gasteiger partial charge is 0.368 e. The van der Waals surface area contributed by atoms with E-state index in [1.54, 1.807) is 6.07 Å². The molecule has 1 amide bonds. The second kappa shape index (κ2) is 5.80. The van der Waals surface area contributed by atoms with Crippen molar-refractivity contribution in [2.24, 2.45) is 5.73 Å². The number of amides is 1. The van der Waals surface area contributed by atoms with E-state index in [1.165, 1.54) is 25.3 Å². The molecule has 0 radical (unpaired) electrons. The average Bonchev–Trinajstić information content (AvgIpc) is 2.97. The van der Waals surface area contributed by atoms with E-state index in [0.29, 0.717) is 5.76 Å². The summed E-state index contributed by atoms with van der Waals surface area (Å²) in [5, 5.41) is 6.32. The molecule has 1 atom stereocenters. The highest BCUT2D eigenvalue weighted by Crippen LogP contribution is 2.32. The Labute approximate surface area is 124 Å². The molecule has 0 fully saturated rings. The van der Waals surface area contributed by atoms with Gasteiger partial charge in [-0.15, -0.1) is 0 Å². The monoisotopic (exact) mass is 313 g/mol. The fraction of sp³-hybridized carbons (Fsp3) is 0.286. The Kier molecular flexibility index (Phi) is 4.23. The number of primary amides is 1. The lowest BCUT2D eigenvalue weighted by Crippen LogP contribution is -2.50. The summed E-state index contributed by atoms with van der Waals surface area (Å²) in [5.74, 6) is -0.370. The van der Waals surface area contributed by atoms with Gasteiger partial charge in [0.25, 0.3) is 0 Å². The average molecular weight is 313 g/mol. The number of hydrogen-bond acceptors (Lipinski definition) is 4. The molecule has 2 rings (SSSR count). The van der Waals surface area contributed by atoms with Crippen molar-refractivity contribution in [2.75, 3.05) is 0 Å². The Morgan fingerprint density at radius 3 is 2.55 bits per heavy atom. The third-order valence-electron chi connectivity index (χ3n) is 3.37. The first-order valence-corrected chi connectivity index (χ1v) is 6.36. The second-order valence-electron chi connectivity index (χ2n) is 4.90. The summed E-state index contributed by atoms with van der Waals surface area (Å²) in [5.41, 5.74) is 3.17. The normalized spacial score (nSPS) is 14.5. The number of nitrogens with two attached hydrogens (primary N) is 1. The molecule has 118 valence electrons. The van der Waals surface area contributed by atoms with Crippen molar-refractivity contribution >= 4 is 5.91 Å².